The highest BCUT2D eigenvalue weighted by Crippen LogP contribution is 2.28. The summed E-state index contributed by atoms with van der Waals surface area (Å²) in [5, 5.41) is 8.21. The van der Waals surface area contributed by atoms with Gasteiger partial charge in [-0.15, -0.1) is 11.3 Å². The highest BCUT2D eigenvalue weighted by Gasteiger charge is 2.10. The zero-order valence-electron chi connectivity index (χ0n) is 14.8. The molecule has 0 saturated heterocycles. The second-order valence-electron chi connectivity index (χ2n) is 6.31. The van der Waals surface area contributed by atoms with E-state index in [0.29, 0.717) is 5.13 Å². The van der Waals surface area contributed by atoms with Crippen molar-refractivity contribution in [3.8, 4) is 11.3 Å². The van der Waals surface area contributed by atoms with Crippen LogP contribution in [0.1, 0.15) is 22.3 Å². The summed E-state index contributed by atoms with van der Waals surface area (Å²) in [6.45, 7) is 8.16. The maximum atomic E-state index is 12.2. The van der Waals surface area contributed by atoms with E-state index in [1.165, 1.54) is 22.5 Å². The number of thiazole rings is 1. The number of rotatable bonds is 3. The Labute approximate surface area is 151 Å². The van der Waals surface area contributed by atoms with E-state index in [1.807, 2.05) is 31.4 Å². The number of aromatic nitrogens is 1. The lowest BCUT2D eigenvalue weighted by Crippen LogP contribution is -2.19. The van der Waals surface area contributed by atoms with E-state index in [9.17, 15) is 4.79 Å². The van der Waals surface area contributed by atoms with Gasteiger partial charge in [-0.05, 0) is 56.5 Å². The summed E-state index contributed by atoms with van der Waals surface area (Å²) in [4.78, 5) is 16.7. The highest BCUT2D eigenvalue weighted by atomic mass is 32.1. The van der Waals surface area contributed by atoms with Crippen LogP contribution in [0.3, 0.4) is 0 Å². The Kier molecular flexibility index (Phi) is 4.86. The van der Waals surface area contributed by atoms with Crippen LogP contribution in [0.2, 0.25) is 0 Å². The minimum atomic E-state index is -0.286. The molecular formula is C20H21N3OS. The van der Waals surface area contributed by atoms with Crippen molar-refractivity contribution in [1.82, 2.24) is 4.98 Å². The van der Waals surface area contributed by atoms with Crippen LogP contribution in [0.4, 0.5) is 15.6 Å². The van der Waals surface area contributed by atoms with Crippen LogP contribution >= 0.6 is 11.3 Å². The molecule has 4 nitrogen and oxygen atoms in total. The molecule has 0 unspecified atom stereocenters. The van der Waals surface area contributed by atoms with Crippen LogP contribution in [0, 0.1) is 27.7 Å². The second-order valence-corrected chi connectivity index (χ2v) is 7.17. The van der Waals surface area contributed by atoms with Crippen molar-refractivity contribution in [2.45, 2.75) is 27.7 Å². The number of carbonyl (C=O) groups excluding carboxylic acids is 1. The SMILES string of the molecule is Cc1cc(C)cc(NC(=O)Nc2nc(-c3ccc(C)cc3C)cs2)c1. The number of hydrogen-bond donors (Lipinski definition) is 2. The Morgan fingerprint density at radius 1 is 0.920 bits per heavy atom. The summed E-state index contributed by atoms with van der Waals surface area (Å²) in [6, 6.07) is 11.9. The van der Waals surface area contributed by atoms with Gasteiger partial charge >= 0.3 is 6.03 Å². The van der Waals surface area contributed by atoms with Crippen molar-refractivity contribution in [3.63, 3.8) is 0 Å². The molecule has 2 amide bonds. The van der Waals surface area contributed by atoms with Crippen LogP contribution in [0.25, 0.3) is 11.3 Å². The highest BCUT2D eigenvalue weighted by molar-refractivity contribution is 7.14. The number of nitrogens with one attached hydrogen (secondary N) is 2. The first-order valence-electron chi connectivity index (χ1n) is 8.10. The third-order valence-corrected chi connectivity index (χ3v) is 4.62. The number of amides is 2. The molecule has 0 fully saturated rings. The van der Waals surface area contributed by atoms with Crippen LogP contribution in [-0.2, 0) is 0 Å². The molecule has 0 bridgehead atoms. The first-order valence-corrected chi connectivity index (χ1v) is 8.98. The van der Waals surface area contributed by atoms with E-state index >= 15 is 0 Å². The Bertz CT molecular complexity index is 910. The van der Waals surface area contributed by atoms with Gasteiger partial charge in [-0.2, -0.15) is 0 Å². The van der Waals surface area contributed by atoms with Gasteiger partial charge in [0.25, 0.3) is 0 Å². The largest absolute Gasteiger partial charge is 0.325 e. The Balaban J connectivity index is 1.71. The minimum absolute atomic E-state index is 0.286. The third-order valence-electron chi connectivity index (χ3n) is 3.86. The van der Waals surface area contributed by atoms with Crippen molar-refractivity contribution in [2.24, 2.45) is 0 Å². The Morgan fingerprint density at radius 3 is 2.32 bits per heavy atom. The van der Waals surface area contributed by atoms with E-state index in [2.05, 4.69) is 53.7 Å². The average molecular weight is 351 g/mol. The fraction of sp³-hybridized carbons (Fsp3) is 0.200. The average Bonchev–Trinajstić information content (AvgIpc) is 2.93. The summed E-state index contributed by atoms with van der Waals surface area (Å²) in [5.41, 5.74) is 7.37. The molecule has 0 saturated carbocycles. The number of nitrogens with zero attached hydrogens (tertiary/aromatic N) is 1. The predicted molar refractivity (Wildman–Crippen MR) is 106 cm³/mol. The van der Waals surface area contributed by atoms with Gasteiger partial charge < -0.3 is 5.32 Å². The van der Waals surface area contributed by atoms with E-state index < -0.39 is 0 Å². The number of benzene rings is 2. The van der Waals surface area contributed by atoms with Crippen molar-refractivity contribution in [2.75, 3.05) is 10.6 Å². The lowest BCUT2D eigenvalue weighted by Gasteiger charge is -2.07. The molecule has 2 aromatic carbocycles. The van der Waals surface area contributed by atoms with E-state index in [-0.39, 0.29) is 6.03 Å². The second kappa shape index (κ2) is 7.07. The summed E-state index contributed by atoms with van der Waals surface area (Å²) in [5.74, 6) is 0. The molecule has 0 radical (unpaired) electrons. The molecule has 2 N–H and O–H groups in total. The van der Waals surface area contributed by atoms with Gasteiger partial charge in [0.05, 0.1) is 5.69 Å². The van der Waals surface area contributed by atoms with Gasteiger partial charge in [-0.1, -0.05) is 29.8 Å². The summed E-state index contributed by atoms with van der Waals surface area (Å²) >= 11 is 1.42. The fourth-order valence-corrected chi connectivity index (χ4v) is 3.57. The summed E-state index contributed by atoms with van der Waals surface area (Å²) in [7, 11) is 0. The Hall–Kier alpha value is -2.66. The van der Waals surface area contributed by atoms with Gasteiger partial charge in [0.2, 0.25) is 0 Å². The molecule has 3 aromatic rings. The van der Waals surface area contributed by atoms with Crippen LogP contribution in [-0.4, -0.2) is 11.0 Å². The molecule has 0 atom stereocenters. The molecule has 0 aliphatic heterocycles. The monoisotopic (exact) mass is 351 g/mol. The quantitative estimate of drug-likeness (QED) is 0.637. The van der Waals surface area contributed by atoms with Crippen molar-refractivity contribution in [1.29, 1.82) is 0 Å². The van der Waals surface area contributed by atoms with Crippen molar-refractivity contribution < 1.29 is 4.79 Å². The van der Waals surface area contributed by atoms with Crippen LogP contribution < -0.4 is 10.6 Å². The molecule has 5 heteroatoms. The maximum absolute atomic E-state index is 12.2. The van der Waals surface area contributed by atoms with Crippen molar-refractivity contribution in [3.05, 3.63) is 64.0 Å². The molecule has 128 valence electrons. The minimum Gasteiger partial charge on any atom is -0.308 e. The molecule has 25 heavy (non-hydrogen) atoms. The van der Waals surface area contributed by atoms with E-state index in [0.717, 1.165) is 28.1 Å². The van der Waals surface area contributed by atoms with E-state index in [4.69, 9.17) is 0 Å². The van der Waals surface area contributed by atoms with Crippen LogP contribution in [0.15, 0.2) is 41.8 Å². The number of anilines is 2. The number of carbonyl (C=O) groups is 1. The smallest absolute Gasteiger partial charge is 0.308 e. The first kappa shape index (κ1) is 17.2. The zero-order chi connectivity index (χ0) is 18.0. The fourth-order valence-electron chi connectivity index (χ4n) is 2.86. The molecule has 0 aliphatic carbocycles. The van der Waals surface area contributed by atoms with Gasteiger partial charge in [-0.25, -0.2) is 9.78 Å². The third kappa shape index (κ3) is 4.25. The van der Waals surface area contributed by atoms with Gasteiger partial charge in [0, 0.05) is 16.6 Å². The Morgan fingerprint density at radius 2 is 1.64 bits per heavy atom. The normalized spacial score (nSPS) is 10.6. The number of aryl methyl sites for hydroxylation is 4. The molecule has 1 aromatic heterocycles. The van der Waals surface area contributed by atoms with Gasteiger partial charge in [-0.3, -0.25) is 5.32 Å². The molecule has 3 rings (SSSR count). The van der Waals surface area contributed by atoms with Gasteiger partial charge in [0.15, 0.2) is 5.13 Å². The number of urea groups is 1. The lowest BCUT2D eigenvalue weighted by molar-refractivity contribution is 0.262. The lowest BCUT2D eigenvalue weighted by atomic mass is 10.0. The first-order chi connectivity index (χ1) is 11.9. The standard InChI is InChI=1S/C20H21N3OS/c1-12-5-6-17(15(4)8-12)18-11-25-20(22-18)23-19(24)21-16-9-13(2)7-14(3)10-16/h5-11H,1-4H3,(H2,21,22,23,24). The molecule has 0 aliphatic rings. The van der Waals surface area contributed by atoms with Gasteiger partial charge in [0.1, 0.15) is 0 Å². The predicted octanol–water partition coefficient (Wildman–Crippen LogP) is 5.69. The summed E-state index contributed by atoms with van der Waals surface area (Å²) < 4.78 is 0. The number of hydrogen-bond acceptors (Lipinski definition) is 3. The molecule has 0 spiro atoms. The molecule has 1 heterocycles. The topological polar surface area (TPSA) is 54.0 Å². The van der Waals surface area contributed by atoms with Crippen molar-refractivity contribution >= 4 is 28.2 Å². The molecular weight excluding hydrogens is 330 g/mol. The van der Waals surface area contributed by atoms with E-state index in [1.54, 1.807) is 0 Å². The summed E-state index contributed by atoms with van der Waals surface area (Å²) in [6.07, 6.45) is 0. The van der Waals surface area contributed by atoms with Crippen LogP contribution in [0.5, 0.6) is 0 Å². The zero-order valence-corrected chi connectivity index (χ0v) is 15.6. The maximum Gasteiger partial charge on any atom is 0.325 e.